The van der Waals surface area contributed by atoms with Crippen molar-refractivity contribution in [2.45, 2.75) is 71.1 Å². The number of allylic oxidation sites excluding steroid dienone is 9. The van der Waals surface area contributed by atoms with Crippen molar-refractivity contribution in [1.82, 2.24) is 4.90 Å². The van der Waals surface area contributed by atoms with Gasteiger partial charge in [-0.25, -0.2) is 0 Å². The lowest BCUT2D eigenvalue weighted by molar-refractivity contribution is -0.130. The van der Waals surface area contributed by atoms with Gasteiger partial charge < -0.3 is 4.90 Å². The maximum absolute atomic E-state index is 13.8. The molecule has 41 heavy (non-hydrogen) atoms. The van der Waals surface area contributed by atoms with E-state index in [1.165, 1.54) is 40.0 Å². The number of fused-ring (bicyclic) bond motifs is 5. The summed E-state index contributed by atoms with van der Waals surface area (Å²) in [5.74, 6) is 3.28. The van der Waals surface area contributed by atoms with Gasteiger partial charge in [-0.3, -0.25) is 9.59 Å². The molecule has 0 amide bonds. The van der Waals surface area contributed by atoms with Crippen molar-refractivity contribution in [2.75, 3.05) is 6.54 Å². The zero-order valence-electron chi connectivity index (χ0n) is 24.4. The van der Waals surface area contributed by atoms with E-state index in [1.54, 1.807) is 5.57 Å². The summed E-state index contributed by atoms with van der Waals surface area (Å²) in [5.41, 5.74) is 9.74. The summed E-state index contributed by atoms with van der Waals surface area (Å²) in [7, 11) is 0. The Morgan fingerprint density at radius 2 is 1.80 bits per heavy atom. The highest BCUT2D eigenvalue weighted by atomic mass is 16.1. The van der Waals surface area contributed by atoms with Crippen LogP contribution in [0, 0.1) is 35.0 Å². The van der Waals surface area contributed by atoms with Crippen LogP contribution in [0.25, 0.3) is 5.57 Å². The maximum Gasteiger partial charge on any atom is 0.156 e. The Bertz CT molecular complexity index is 1510. The molecule has 0 N–H and O–H groups in total. The SMILES string of the molecule is C[C@@H]1C[C@H]2[C@@H]3CCC4=CC(=O)CCC4=C3[C@@H](c3ccc(C4=CC=C5C=CC=CN5C4)cc3)C[C@]2(C)[C@H]1C(=O)C1CC1. The third-order valence-electron chi connectivity index (χ3n) is 11.8. The highest BCUT2D eigenvalue weighted by Crippen LogP contribution is 2.67. The quantitative estimate of drug-likeness (QED) is 0.385. The minimum absolute atomic E-state index is 0.0457. The fourth-order valence-corrected chi connectivity index (χ4v) is 9.88. The Labute approximate surface area is 244 Å². The average Bonchev–Trinajstić information content (AvgIpc) is 3.80. The first-order valence-corrected chi connectivity index (χ1v) is 16.0. The molecule has 7 aliphatic rings. The Kier molecular flexibility index (Phi) is 5.85. The molecule has 0 bridgehead atoms. The number of hydrogen-bond donors (Lipinski definition) is 0. The second-order valence-corrected chi connectivity index (χ2v) is 14.2. The van der Waals surface area contributed by atoms with E-state index >= 15 is 0 Å². The summed E-state index contributed by atoms with van der Waals surface area (Å²) in [6.07, 6.45) is 23.1. The van der Waals surface area contributed by atoms with Crippen molar-refractivity contribution in [3.63, 3.8) is 0 Å². The fraction of sp³-hybridized carbons (Fsp3) is 0.474. The lowest BCUT2D eigenvalue weighted by atomic mass is 9.51. The molecule has 5 aliphatic carbocycles. The molecule has 3 fully saturated rings. The third kappa shape index (κ3) is 4.06. The summed E-state index contributed by atoms with van der Waals surface area (Å²) < 4.78 is 0. The van der Waals surface area contributed by atoms with E-state index in [9.17, 15) is 9.59 Å². The number of carbonyl (C=O) groups excluding carboxylic acids is 2. The standard InChI is InChI=1S/C38H41NO2/c1-23-19-34-32-16-13-27-20-30(40)15-17-31(27)35(32)33(21-38(34,2)36(23)37(41)26-10-11-26)25-8-6-24(7-9-25)28-12-14-29-5-3-4-18-39(29)22-28/h3-9,12,14,18,20,23,26,32-34,36H,10-11,13,15-17,19,21-22H2,1-2H3/t23-,32+,33-,34+,36-,38+/m1/s1. The molecule has 1 aromatic carbocycles. The summed E-state index contributed by atoms with van der Waals surface area (Å²) in [6, 6.07) is 9.41. The van der Waals surface area contributed by atoms with Crippen LogP contribution in [0.1, 0.15) is 82.3 Å². The van der Waals surface area contributed by atoms with Crippen molar-refractivity contribution in [3.05, 3.63) is 100 Å². The van der Waals surface area contributed by atoms with Gasteiger partial charge in [-0.2, -0.15) is 0 Å². The number of benzene rings is 1. The topological polar surface area (TPSA) is 37.4 Å². The molecule has 2 heterocycles. The Hall–Kier alpha value is -3.20. The summed E-state index contributed by atoms with van der Waals surface area (Å²) in [4.78, 5) is 28.5. The highest BCUT2D eigenvalue weighted by Gasteiger charge is 2.61. The third-order valence-corrected chi connectivity index (χ3v) is 11.8. The van der Waals surface area contributed by atoms with Gasteiger partial charge >= 0.3 is 0 Å². The molecule has 1 aromatic rings. The van der Waals surface area contributed by atoms with E-state index in [-0.39, 0.29) is 11.3 Å². The van der Waals surface area contributed by atoms with Crippen molar-refractivity contribution in [1.29, 1.82) is 0 Å². The van der Waals surface area contributed by atoms with Crippen LogP contribution in [-0.2, 0) is 9.59 Å². The van der Waals surface area contributed by atoms with Crippen LogP contribution in [0.15, 0.2) is 89.3 Å². The summed E-state index contributed by atoms with van der Waals surface area (Å²) in [6.45, 7) is 5.74. The molecule has 2 aliphatic heterocycles. The zero-order valence-corrected chi connectivity index (χ0v) is 24.4. The molecule has 3 nitrogen and oxygen atoms in total. The molecule has 0 radical (unpaired) electrons. The second kappa shape index (κ2) is 9.41. The lowest BCUT2D eigenvalue weighted by Gasteiger charge is -2.52. The van der Waals surface area contributed by atoms with Gasteiger partial charge in [-0.05, 0) is 120 Å². The van der Waals surface area contributed by atoms with Crippen LogP contribution in [0.5, 0.6) is 0 Å². The second-order valence-electron chi connectivity index (χ2n) is 14.2. The van der Waals surface area contributed by atoms with E-state index in [0.29, 0.717) is 47.6 Å². The molecular weight excluding hydrogens is 502 g/mol. The molecule has 3 saturated carbocycles. The van der Waals surface area contributed by atoms with E-state index < -0.39 is 0 Å². The first kappa shape index (κ1) is 25.5. The number of carbonyl (C=O) groups is 2. The maximum atomic E-state index is 13.8. The van der Waals surface area contributed by atoms with E-state index in [1.807, 2.05) is 6.08 Å². The molecular formula is C38H41NO2. The first-order chi connectivity index (χ1) is 19.9. The van der Waals surface area contributed by atoms with Crippen LogP contribution in [0.2, 0.25) is 0 Å². The first-order valence-electron chi connectivity index (χ1n) is 16.0. The fourth-order valence-electron chi connectivity index (χ4n) is 9.88. The summed E-state index contributed by atoms with van der Waals surface area (Å²) in [5, 5.41) is 0. The van der Waals surface area contributed by atoms with Crippen molar-refractivity contribution in [2.24, 2.45) is 35.0 Å². The van der Waals surface area contributed by atoms with Gasteiger partial charge in [0.05, 0.1) is 0 Å². The van der Waals surface area contributed by atoms with Gasteiger partial charge in [-0.1, -0.05) is 55.8 Å². The van der Waals surface area contributed by atoms with Crippen molar-refractivity contribution >= 4 is 17.1 Å². The minimum Gasteiger partial charge on any atom is -0.344 e. The average molecular weight is 544 g/mol. The van der Waals surface area contributed by atoms with Gasteiger partial charge in [0, 0.05) is 42.6 Å². The molecule has 0 saturated heterocycles. The van der Waals surface area contributed by atoms with Gasteiger partial charge in [0.15, 0.2) is 5.78 Å². The van der Waals surface area contributed by atoms with Crippen LogP contribution in [-0.4, -0.2) is 23.0 Å². The van der Waals surface area contributed by atoms with Gasteiger partial charge in [0.1, 0.15) is 5.78 Å². The molecule has 0 aromatic heterocycles. The van der Waals surface area contributed by atoms with Crippen LogP contribution in [0.4, 0.5) is 0 Å². The number of hydrogen-bond acceptors (Lipinski definition) is 3. The Morgan fingerprint density at radius 3 is 2.61 bits per heavy atom. The molecule has 0 spiro atoms. The molecule has 210 valence electrons. The molecule has 0 unspecified atom stereocenters. The van der Waals surface area contributed by atoms with Crippen molar-refractivity contribution in [3.8, 4) is 0 Å². The van der Waals surface area contributed by atoms with Gasteiger partial charge in [0.2, 0.25) is 0 Å². The minimum atomic E-state index is 0.0457. The van der Waals surface area contributed by atoms with Crippen LogP contribution < -0.4 is 0 Å². The highest BCUT2D eigenvalue weighted by molar-refractivity contribution is 5.93. The molecule has 8 rings (SSSR count). The Morgan fingerprint density at radius 1 is 0.976 bits per heavy atom. The number of ketones is 2. The predicted molar refractivity (Wildman–Crippen MR) is 164 cm³/mol. The number of nitrogens with zero attached hydrogens (tertiary/aromatic N) is 1. The van der Waals surface area contributed by atoms with E-state index in [0.717, 1.165) is 45.1 Å². The predicted octanol–water partition coefficient (Wildman–Crippen LogP) is 8.09. The smallest absolute Gasteiger partial charge is 0.156 e. The monoisotopic (exact) mass is 543 g/mol. The lowest BCUT2D eigenvalue weighted by Crippen LogP contribution is -2.45. The van der Waals surface area contributed by atoms with E-state index in [4.69, 9.17) is 0 Å². The van der Waals surface area contributed by atoms with Crippen LogP contribution in [0.3, 0.4) is 0 Å². The molecule has 3 heteroatoms. The van der Waals surface area contributed by atoms with Crippen molar-refractivity contribution < 1.29 is 9.59 Å². The zero-order chi connectivity index (χ0) is 27.9. The number of rotatable bonds is 4. The Balaban J connectivity index is 1.19. The van der Waals surface area contributed by atoms with Gasteiger partial charge in [0.25, 0.3) is 0 Å². The summed E-state index contributed by atoms with van der Waals surface area (Å²) >= 11 is 0. The normalized spacial score (nSPS) is 35.7. The van der Waals surface area contributed by atoms with Crippen LogP contribution >= 0.6 is 0 Å². The molecule has 6 atom stereocenters. The van der Waals surface area contributed by atoms with E-state index in [2.05, 4.69) is 79.6 Å². The number of Topliss-reactive ketones (excluding diaryl/α,β-unsaturated/α-hetero) is 1. The van der Waals surface area contributed by atoms with Gasteiger partial charge in [-0.15, -0.1) is 0 Å². The largest absolute Gasteiger partial charge is 0.344 e.